The molecule has 0 saturated heterocycles. The van der Waals surface area contributed by atoms with Gasteiger partial charge in [0.25, 0.3) is 0 Å². The molecule has 5 nitrogen and oxygen atoms in total. The minimum absolute atomic E-state index is 0.0349. The fourth-order valence-corrected chi connectivity index (χ4v) is 2.27. The molecule has 0 atom stereocenters. The number of carbonyl (C=O) groups excluding carboxylic acids is 1. The van der Waals surface area contributed by atoms with Gasteiger partial charge >= 0.3 is 12.7 Å². The average molecular weight is 320 g/mol. The monoisotopic (exact) mass is 320 g/mol. The van der Waals surface area contributed by atoms with E-state index in [2.05, 4.69) is 0 Å². The second kappa shape index (κ2) is 6.66. The normalized spacial score (nSPS) is 11.1. The Labute approximate surface area is 137 Å². The maximum atomic E-state index is 12.2. The first-order chi connectivity index (χ1) is 11.5. The third kappa shape index (κ3) is 3.35. The molecule has 0 radical (unpaired) electrons. The van der Waals surface area contributed by atoms with Gasteiger partial charge in [0, 0.05) is 5.39 Å². The smallest absolute Gasteiger partial charge is 0.423 e. The average Bonchev–Trinajstić information content (AvgIpc) is 2.59. The van der Waals surface area contributed by atoms with Crippen LogP contribution in [0.5, 0.6) is 0 Å². The van der Waals surface area contributed by atoms with Crippen LogP contribution in [-0.2, 0) is 0 Å². The molecule has 0 saturated carbocycles. The number of hydrogen-bond donors (Lipinski definition) is 2. The zero-order valence-corrected chi connectivity index (χ0v) is 12.5. The van der Waals surface area contributed by atoms with Crippen LogP contribution in [0.15, 0.2) is 69.9 Å². The van der Waals surface area contributed by atoms with Gasteiger partial charge in [0.1, 0.15) is 11.1 Å². The molecule has 0 aliphatic carbocycles. The maximum absolute atomic E-state index is 12.2. The van der Waals surface area contributed by atoms with Gasteiger partial charge in [0.2, 0.25) is 0 Å². The lowest BCUT2D eigenvalue weighted by Gasteiger charge is -2.00. The Hall–Kier alpha value is -2.96. The van der Waals surface area contributed by atoms with E-state index in [9.17, 15) is 9.59 Å². The maximum Gasteiger partial charge on any atom is 0.488 e. The van der Waals surface area contributed by atoms with Crippen molar-refractivity contribution >= 4 is 35.4 Å². The number of ketones is 1. The number of para-hydroxylation sites is 1. The van der Waals surface area contributed by atoms with E-state index in [0.717, 1.165) is 0 Å². The second-order valence-electron chi connectivity index (χ2n) is 5.22. The first-order valence-electron chi connectivity index (χ1n) is 7.26. The molecule has 0 spiro atoms. The molecule has 6 heteroatoms. The summed E-state index contributed by atoms with van der Waals surface area (Å²) in [6.45, 7) is 0. The van der Waals surface area contributed by atoms with Gasteiger partial charge in [-0.3, -0.25) is 4.79 Å². The topological polar surface area (TPSA) is 87.7 Å². The highest BCUT2D eigenvalue weighted by Crippen LogP contribution is 2.13. The van der Waals surface area contributed by atoms with E-state index < -0.39 is 18.5 Å². The summed E-state index contributed by atoms with van der Waals surface area (Å²) in [5, 5.41) is 18.7. The van der Waals surface area contributed by atoms with Gasteiger partial charge in [0.05, 0.1) is 0 Å². The summed E-state index contributed by atoms with van der Waals surface area (Å²) in [5.74, 6) is -0.458. The molecule has 0 fully saturated rings. The van der Waals surface area contributed by atoms with Crippen molar-refractivity contribution in [3.8, 4) is 0 Å². The van der Waals surface area contributed by atoms with Crippen LogP contribution >= 0.6 is 0 Å². The molecule has 3 aromatic rings. The molecule has 1 aromatic heterocycles. The molecule has 2 aromatic carbocycles. The predicted octanol–water partition coefficient (Wildman–Crippen LogP) is 1.37. The van der Waals surface area contributed by atoms with E-state index in [1.165, 1.54) is 12.1 Å². The Morgan fingerprint density at radius 2 is 1.75 bits per heavy atom. The van der Waals surface area contributed by atoms with E-state index in [0.29, 0.717) is 22.0 Å². The first-order valence-corrected chi connectivity index (χ1v) is 7.26. The Kier molecular flexibility index (Phi) is 4.42. The summed E-state index contributed by atoms with van der Waals surface area (Å²) in [4.78, 5) is 24.2. The van der Waals surface area contributed by atoms with Crippen molar-refractivity contribution < 1.29 is 19.3 Å². The third-order valence-corrected chi connectivity index (χ3v) is 3.57. The van der Waals surface area contributed by atoms with Crippen molar-refractivity contribution in [3.05, 3.63) is 82.2 Å². The van der Waals surface area contributed by atoms with Crippen molar-refractivity contribution in [1.29, 1.82) is 0 Å². The van der Waals surface area contributed by atoms with E-state index >= 15 is 0 Å². The Morgan fingerprint density at radius 3 is 2.46 bits per heavy atom. The number of benzene rings is 2. The van der Waals surface area contributed by atoms with Gasteiger partial charge in [-0.25, -0.2) is 4.79 Å². The number of rotatable bonds is 4. The van der Waals surface area contributed by atoms with Gasteiger partial charge in [-0.2, -0.15) is 0 Å². The minimum atomic E-state index is -1.54. The predicted molar refractivity (Wildman–Crippen MR) is 92.1 cm³/mol. The van der Waals surface area contributed by atoms with E-state index in [-0.39, 0.29) is 5.56 Å². The van der Waals surface area contributed by atoms with Crippen LogP contribution in [0.1, 0.15) is 15.9 Å². The molecular weight excluding hydrogens is 307 g/mol. The number of hydrogen-bond acceptors (Lipinski definition) is 5. The van der Waals surface area contributed by atoms with Crippen molar-refractivity contribution in [1.82, 2.24) is 0 Å². The van der Waals surface area contributed by atoms with E-state index in [1.54, 1.807) is 54.6 Å². The highest BCUT2D eigenvalue weighted by Gasteiger charge is 2.11. The quantitative estimate of drug-likeness (QED) is 0.328. The first kappa shape index (κ1) is 15.9. The molecule has 2 N–H and O–H groups in total. The lowest BCUT2D eigenvalue weighted by Crippen LogP contribution is -2.29. The lowest BCUT2D eigenvalue weighted by atomic mass is 9.80. The third-order valence-electron chi connectivity index (χ3n) is 3.57. The standard InChI is InChI=1S/C18H13BO5/c20-16(10-7-12-5-8-14(9-6-12)19(22)23)15-11-13-3-1-2-4-17(13)24-18(15)21/h1-11,22-23H/b10-7+. The fraction of sp³-hybridized carbons (Fsp3) is 0. The summed E-state index contributed by atoms with van der Waals surface area (Å²) in [6.07, 6.45) is 2.83. The molecule has 3 rings (SSSR count). The Balaban J connectivity index is 1.86. The van der Waals surface area contributed by atoms with E-state index in [1.807, 2.05) is 0 Å². The number of allylic oxidation sites excluding steroid dienone is 1. The fourth-order valence-electron chi connectivity index (χ4n) is 2.27. The van der Waals surface area contributed by atoms with Crippen LogP contribution in [0.4, 0.5) is 0 Å². The van der Waals surface area contributed by atoms with Gasteiger partial charge < -0.3 is 14.5 Å². The molecule has 0 bridgehead atoms. The highest BCUT2D eigenvalue weighted by atomic mass is 16.4. The summed E-state index contributed by atoms with van der Waals surface area (Å²) >= 11 is 0. The molecule has 1 heterocycles. The molecular formula is C18H13BO5. The van der Waals surface area contributed by atoms with Crippen LogP contribution in [0.2, 0.25) is 0 Å². The Morgan fingerprint density at radius 1 is 1.04 bits per heavy atom. The zero-order chi connectivity index (χ0) is 17.1. The van der Waals surface area contributed by atoms with Crippen LogP contribution in [0, 0.1) is 0 Å². The number of fused-ring (bicyclic) bond motifs is 1. The van der Waals surface area contributed by atoms with Gasteiger partial charge in [-0.15, -0.1) is 0 Å². The van der Waals surface area contributed by atoms with E-state index in [4.69, 9.17) is 14.5 Å². The molecule has 0 amide bonds. The minimum Gasteiger partial charge on any atom is -0.423 e. The lowest BCUT2D eigenvalue weighted by molar-refractivity contribution is 0.104. The molecule has 0 aliphatic rings. The van der Waals surface area contributed by atoms with Crippen molar-refractivity contribution in [3.63, 3.8) is 0 Å². The van der Waals surface area contributed by atoms with Crippen molar-refractivity contribution in [2.75, 3.05) is 0 Å². The highest BCUT2D eigenvalue weighted by molar-refractivity contribution is 6.58. The molecule has 118 valence electrons. The van der Waals surface area contributed by atoms with Crippen molar-refractivity contribution in [2.45, 2.75) is 0 Å². The zero-order valence-electron chi connectivity index (χ0n) is 12.5. The summed E-state index contributed by atoms with van der Waals surface area (Å²) < 4.78 is 5.14. The summed E-state index contributed by atoms with van der Waals surface area (Å²) in [5.41, 5.74) is 0.766. The van der Waals surface area contributed by atoms with Crippen LogP contribution in [0.25, 0.3) is 17.0 Å². The van der Waals surface area contributed by atoms with Gasteiger partial charge in [-0.05, 0) is 29.2 Å². The van der Waals surface area contributed by atoms with Crippen molar-refractivity contribution in [2.24, 2.45) is 0 Å². The van der Waals surface area contributed by atoms with Gasteiger partial charge in [0.15, 0.2) is 5.78 Å². The summed E-state index contributed by atoms with van der Waals surface area (Å²) in [7, 11) is -1.54. The molecule has 24 heavy (non-hydrogen) atoms. The van der Waals surface area contributed by atoms with Crippen LogP contribution in [0.3, 0.4) is 0 Å². The summed E-state index contributed by atoms with van der Waals surface area (Å²) in [6, 6.07) is 14.8. The van der Waals surface area contributed by atoms with Gasteiger partial charge in [-0.1, -0.05) is 48.5 Å². The SMILES string of the molecule is O=C(/C=C/c1ccc(B(O)O)cc1)c1cc2ccccc2oc1=O. The second-order valence-corrected chi connectivity index (χ2v) is 5.22. The molecule has 0 unspecified atom stereocenters. The number of carbonyl (C=O) groups is 1. The largest absolute Gasteiger partial charge is 0.488 e. The van der Waals surface area contributed by atoms with Crippen LogP contribution < -0.4 is 11.1 Å². The van der Waals surface area contributed by atoms with Crippen LogP contribution in [-0.4, -0.2) is 22.9 Å². The molecule has 0 aliphatic heterocycles. The Bertz CT molecular complexity index is 971.